The number of hydrogen-bond donors (Lipinski definition) is 2. The highest BCUT2D eigenvalue weighted by atomic mass is 16.6. The third-order valence-electron chi connectivity index (χ3n) is 3.75. The number of nitro benzene ring substituents is 2. The number of nitrogens with zero attached hydrogens (tertiary/aromatic N) is 2. The van der Waals surface area contributed by atoms with Gasteiger partial charge >= 0.3 is 5.97 Å². The van der Waals surface area contributed by atoms with Gasteiger partial charge in [-0.3, -0.25) is 25.0 Å². The first kappa shape index (κ1) is 20.3. The zero-order valence-corrected chi connectivity index (χ0v) is 14.5. The van der Waals surface area contributed by atoms with Gasteiger partial charge in [0.2, 0.25) is 0 Å². The number of ether oxygens (including phenoxy) is 1. The van der Waals surface area contributed by atoms with Crippen molar-refractivity contribution in [1.29, 1.82) is 0 Å². The normalized spacial score (nSPS) is 11.3. The zero-order chi connectivity index (χ0) is 20.8. The molecule has 2 aromatic carbocycles. The summed E-state index contributed by atoms with van der Waals surface area (Å²) in [6.45, 7) is 0. The molecule has 11 nitrogen and oxygen atoms in total. The molecular weight excluding hydrogens is 374 g/mol. The van der Waals surface area contributed by atoms with Gasteiger partial charge in [-0.25, -0.2) is 4.79 Å². The van der Waals surface area contributed by atoms with Crippen molar-refractivity contribution < 1.29 is 29.3 Å². The van der Waals surface area contributed by atoms with E-state index in [4.69, 9.17) is 0 Å². The van der Waals surface area contributed by atoms with Crippen LogP contribution in [-0.4, -0.2) is 40.0 Å². The SMILES string of the molecule is COC(=O)[C@H](Cc1ccc(O)cc1)NC(=O)c1cc([N+](=O)[O-])cc([N+](=O)[O-])c1. The van der Waals surface area contributed by atoms with Gasteiger partial charge in [0.15, 0.2) is 0 Å². The maximum atomic E-state index is 12.5. The molecule has 0 aliphatic rings. The van der Waals surface area contributed by atoms with E-state index in [0.29, 0.717) is 5.56 Å². The standard InChI is InChI=1S/C17H15N3O8/c1-28-17(23)15(6-10-2-4-14(21)5-3-10)18-16(22)11-7-12(19(24)25)9-13(8-11)20(26)27/h2-5,7-9,15,21H,6H2,1H3,(H,18,22)/t15-/m0/s1. The monoisotopic (exact) mass is 389 g/mol. The van der Waals surface area contributed by atoms with Crippen LogP contribution in [-0.2, 0) is 16.0 Å². The van der Waals surface area contributed by atoms with Gasteiger partial charge in [-0.2, -0.15) is 0 Å². The van der Waals surface area contributed by atoms with E-state index in [-0.39, 0.29) is 17.7 Å². The Morgan fingerprint density at radius 3 is 2.07 bits per heavy atom. The molecule has 1 amide bonds. The number of phenols is 1. The fourth-order valence-corrected chi connectivity index (χ4v) is 2.38. The van der Waals surface area contributed by atoms with Gasteiger partial charge in [-0.1, -0.05) is 12.1 Å². The Hall–Kier alpha value is -4.02. The van der Waals surface area contributed by atoms with E-state index in [9.17, 15) is 34.9 Å². The van der Waals surface area contributed by atoms with Gasteiger partial charge in [0, 0.05) is 18.6 Å². The fraction of sp³-hybridized carbons (Fsp3) is 0.176. The van der Waals surface area contributed by atoms with E-state index in [2.05, 4.69) is 10.1 Å². The van der Waals surface area contributed by atoms with Crippen molar-refractivity contribution in [1.82, 2.24) is 5.32 Å². The van der Waals surface area contributed by atoms with Gasteiger partial charge < -0.3 is 15.2 Å². The van der Waals surface area contributed by atoms with Crippen LogP contribution < -0.4 is 5.32 Å². The number of nitro groups is 2. The molecule has 0 unspecified atom stereocenters. The molecule has 2 rings (SSSR count). The molecule has 1 atom stereocenters. The minimum absolute atomic E-state index is 0.00964. The summed E-state index contributed by atoms with van der Waals surface area (Å²) in [5.41, 5.74) is -1.01. The van der Waals surface area contributed by atoms with Crippen molar-refractivity contribution in [3.8, 4) is 5.75 Å². The van der Waals surface area contributed by atoms with Gasteiger partial charge in [0.25, 0.3) is 17.3 Å². The van der Waals surface area contributed by atoms with Crippen LogP contribution in [0.1, 0.15) is 15.9 Å². The maximum absolute atomic E-state index is 12.5. The zero-order valence-electron chi connectivity index (χ0n) is 14.5. The van der Waals surface area contributed by atoms with Crippen molar-refractivity contribution in [3.05, 3.63) is 73.8 Å². The van der Waals surface area contributed by atoms with Gasteiger partial charge in [0.1, 0.15) is 11.8 Å². The van der Waals surface area contributed by atoms with E-state index in [1.54, 1.807) is 0 Å². The van der Waals surface area contributed by atoms with E-state index in [0.717, 1.165) is 25.3 Å². The summed E-state index contributed by atoms with van der Waals surface area (Å²) in [6, 6.07) is 7.19. The number of aromatic hydroxyl groups is 1. The summed E-state index contributed by atoms with van der Waals surface area (Å²) in [7, 11) is 1.12. The lowest BCUT2D eigenvalue weighted by atomic mass is 10.0. The van der Waals surface area contributed by atoms with Crippen LogP contribution in [0.3, 0.4) is 0 Å². The molecule has 0 heterocycles. The number of amides is 1. The quantitative estimate of drug-likeness (QED) is 0.411. The number of rotatable bonds is 7. The van der Waals surface area contributed by atoms with Crippen LogP contribution >= 0.6 is 0 Å². The number of esters is 1. The van der Waals surface area contributed by atoms with Crippen molar-refractivity contribution in [2.75, 3.05) is 7.11 Å². The third kappa shape index (κ3) is 5.00. The summed E-state index contributed by atoms with van der Waals surface area (Å²) in [6.07, 6.45) is 0.00964. The largest absolute Gasteiger partial charge is 0.508 e. The molecule has 0 spiro atoms. The summed E-state index contributed by atoms with van der Waals surface area (Å²) in [4.78, 5) is 44.6. The topological polar surface area (TPSA) is 162 Å². The summed E-state index contributed by atoms with van der Waals surface area (Å²) in [5, 5.41) is 33.6. The smallest absolute Gasteiger partial charge is 0.328 e. The number of benzene rings is 2. The lowest BCUT2D eigenvalue weighted by molar-refractivity contribution is -0.394. The lowest BCUT2D eigenvalue weighted by Gasteiger charge is -2.16. The predicted octanol–water partition coefficient (Wildman–Crippen LogP) is 1.72. The van der Waals surface area contributed by atoms with E-state index in [1.165, 1.54) is 24.3 Å². The van der Waals surface area contributed by atoms with Crippen LogP contribution in [0.2, 0.25) is 0 Å². The Balaban J connectivity index is 2.30. The molecule has 0 aliphatic carbocycles. The maximum Gasteiger partial charge on any atom is 0.328 e. The molecule has 0 bridgehead atoms. The van der Waals surface area contributed by atoms with Crippen LogP contribution in [0, 0.1) is 20.2 Å². The molecule has 0 aliphatic heterocycles. The Morgan fingerprint density at radius 1 is 1.07 bits per heavy atom. The molecule has 0 fully saturated rings. The van der Waals surface area contributed by atoms with Crippen LogP contribution in [0.15, 0.2) is 42.5 Å². The Bertz CT molecular complexity index is 894. The summed E-state index contributed by atoms with van der Waals surface area (Å²) in [5.74, 6) is -1.67. The highest BCUT2D eigenvalue weighted by molar-refractivity contribution is 5.98. The second-order valence-corrected chi connectivity index (χ2v) is 5.67. The highest BCUT2D eigenvalue weighted by Gasteiger charge is 2.25. The number of hydrogen-bond acceptors (Lipinski definition) is 8. The second kappa shape index (κ2) is 8.58. The van der Waals surface area contributed by atoms with Crippen LogP contribution in [0.4, 0.5) is 11.4 Å². The number of nitrogens with one attached hydrogen (secondary N) is 1. The molecule has 146 valence electrons. The van der Waals surface area contributed by atoms with E-state index < -0.39 is 39.1 Å². The third-order valence-corrected chi connectivity index (χ3v) is 3.75. The van der Waals surface area contributed by atoms with Gasteiger partial charge in [-0.05, 0) is 17.7 Å². The van der Waals surface area contributed by atoms with Crippen molar-refractivity contribution in [3.63, 3.8) is 0 Å². The molecule has 0 aromatic heterocycles. The van der Waals surface area contributed by atoms with E-state index in [1.807, 2.05) is 0 Å². The molecule has 0 radical (unpaired) electrons. The van der Waals surface area contributed by atoms with Crippen LogP contribution in [0.25, 0.3) is 0 Å². The van der Waals surface area contributed by atoms with Crippen molar-refractivity contribution in [2.24, 2.45) is 0 Å². The molecule has 2 N–H and O–H groups in total. The molecule has 2 aromatic rings. The lowest BCUT2D eigenvalue weighted by Crippen LogP contribution is -2.43. The number of carbonyl (C=O) groups excluding carboxylic acids is 2. The average Bonchev–Trinajstić information content (AvgIpc) is 2.67. The second-order valence-electron chi connectivity index (χ2n) is 5.67. The highest BCUT2D eigenvalue weighted by Crippen LogP contribution is 2.23. The van der Waals surface area contributed by atoms with E-state index >= 15 is 0 Å². The average molecular weight is 389 g/mol. The Labute approximate surface area is 157 Å². The number of phenolic OH excluding ortho intramolecular Hbond substituents is 1. The van der Waals surface area contributed by atoms with Gasteiger partial charge in [-0.15, -0.1) is 0 Å². The summed E-state index contributed by atoms with van der Waals surface area (Å²) >= 11 is 0. The predicted molar refractivity (Wildman–Crippen MR) is 94.8 cm³/mol. The minimum atomic E-state index is -1.15. The first-order valence-electron chi connectivity index (χ1n) is 7.81. The van der Waals surface area contributed by atoms with Crippen molar-refractivity contribution in [2.45, 2.75) is 12.5 Å². The number of non-ortho nitro benzene ring substituents is 2. The number of methoxy groups -OCH3 is 1. The van der Waals surface area contributed by atoms with Gasteiger partial charge in [0.05, 0.1) is 28.6 Å². The first-order chi connectivity index (χ1) is 13.2. The fourth-order valence-electron chi connectivity index (χ4n) is 2.38. The first-order valence-corrected chi connectivity index (χ1v) is 7.81. The Morgan fingerprint density at radius 2 is 1.61 bits per heavy atom. The van der Waals surface area contributed by atoms with Crippen molar-refractivity contribution >= 4 is 23.3 Å². The molecule has 0 saturated heterocycles. The molecule has 0 saturated carbocycles. The minimum Gasteiger partial charge on any atom is -0.508 e. The summed E-state index contributed by atoms with van der Waals surface area (Å²) < 4.78 is 4.65. The molecule has 28 heavy (non-hydrogen) atoms. The van der Waals surface area contributed by atoms with Crippen LogP contribution in [0.5, 0.6) is 5.75 Å². The Kier molecular flexibility index (Phi) is 6.22. The molecular formula is C17H15N3O8. The number of carbonyl (C=O) groups is 2. The molecule has 11 heteroatoms.